The van der Waals surface area contributed by atoms with Crippen LogP contribution in [0, 0.1) is 6.92 Å². The van der Waals surface area contributed by atoms with Crippen molar-refractivity contribution in [3.05, 3.63) is 60.3 Å². The molecule has 0 aliphatic carbocycles. The zero-order chi connectivity index (χ0) is 29.1. The van der Waals surface area contributed by atoms with E-state index in [0.29, 0.717) is 22.8 Å². The van der Waals surface area contributed by atoms with Crippen LogP contribution in [0.4, 0.5) is 4.79 Å². The molecule has 0 bridgehead atoms. The predicted octanol–water partition coefficient (Wildman–Crippen LogP) is 5.08. The van der Waals surface area contributed by atoms with Gasteiger partial charge in [0, 0.05) is 11.1 Å². The van der Waals surface area contributed by atoms with Crippen LogP contribution in [-0.4, -0.2) is 60.7 Å². The number of imidazole rings is 1. The highest BCUT2D eigenvalue weighted by Crippen LogP contribution is 2.33. The maximum atomic E-state index is 12.2. The summed E-state index contributed by atoms with van der Waals surface area (Å²) in [7, 11) is -1.73. The highest BCUT2D eigenvalue weighted by Gasteiger charge is 2.18. The van der Waals surface area contributed by atoms with Gasteiger partial charge in [-0.3, -0.25) is 0 Å². The third-order valence-corrected chi connectivity index (χ3v) is 7.76. The number of ether oxygens (including phenoxy) is 3. The van der Waals surface area contributed by atoms with Crippen molar-refractivity contribution in [1.82, 2.24) is 19.9 Å². The highest BCUT2D eigenvalue weighted by atomic mass is 32.2. The summed E-state index contributed by atoms with van der Waals surface area (Å²) in [6, 6.07) is 16.0. The van der Waals surface area contributed by atoms with Gasteiger partial charge in [-0.2, -0.15) is 5.10 Å². The third-order valence-electron chi connectivity index (χ3n) is 6.01. The molecule has 40 heavy (non-hydrogen) atoms. The molecule has 2 heterocycles. The molecule has 0 radical (unpaired) electrons. The van der Waals surface area contributed by atoms with Gasteiger partial charge in [0.25, 0.3) is 0 Å². The number of aryl methyl sites for hydroxylation is 1. The molecule has 2 aromatic carbocycles. The van der Waals surface area contributed by atoms with E-state index in [2.05, 4.69) is 10.3 Å². The molecule has 1 amide bonds. The normalized spacial score (nSPS) is 11.8. The Morgan fingerprint density at radius 2 is 1.70 bits per heavy atom. The average molecular weight is 567 g/mol. The first-order valence-corrected chi connectivity index (χ1v) is 14.5. The molecule has 212 valence electrons. The number of carbonyl (C=O) groups is 1. The minimum Gasteiger partial charge on any atom is -0.493 e. The fourth-order valence-corrected chi connectivity index (χ4v) is 4.97. The van der Waals surface area contributed by atoms with E-state index in [4.69, 9.17) is 19.3 Å². The zero-order valence-electron chi connectivity index (χ0n) is 23.5. The molecule has 10 nitrogen and oxygen atoms in total. The second-order valence-electron chi connectivity index (χ2n) is 10.1. The lowest BCUT2D eigenvalue weighted by Gasteiger charge is -2.19. The van der Waals surface area contributed by atoms with Crippen LogP contribution >= 0.6 is 0 Å². The Hall–Kier alpha value is -4.12. The summed E-state index contributed by atoms with van der Waals surface area (Å²) in [6.45, 7) is 9.43. The Balaban J connectivity index is 1.55. The summed E-state index contributed by atoms with van der Waals surface area (Å²) in [5.74, 6) is 1.09. The molecular weight excluding hydrogens is 532 g/mol. The largest absolute Gasteiger partial charge is 0.493 e. The number of fused-ring (bicyclic) bond motifs is 1. The van der Waals surface area contributed by atoms with Crippen molar-refractivity contribution >= 4 is 21.6 Å². The minimum atomic E-state index is -3.29. The van der Waals surface area contributed by atoms with E-state index in [0.717, 1.165) is 22.5 Å². The van der Waals surface area contributed by atoms with Gasteiger partial charge < -0.3 is 19.5 Å². The number of methoxy groups -OCH3 is 1. The first-order valence-electron chi connectivity index (χ1n) is 12.9. The lowest BCUT2D eigenvalue weighted by atomic mass is 10.1. The number of hydrogen-bond acceptors (Lipinski definition) is 8. The van der Waals surface area contributed by atoms with Gasteiger partial charge in [-0.25, -0.2) is 22.7 Å². The molecule has 0 saturated heterocycles. The van der Waals surface area contributed by atoms with Crippen molar-refractivity contribution < 1.29 is 27.4 Å². The summed E-state index contributed by atoms with van der Waals surface area (Å²) in [5, 5.41) is 7.50. The van der Waals surface area contributed by atoms with E-state index in [-0.39, 0.29) is 23.8 Å². The van der Waals surface area contributed by atoms with Gasteiger partial charge in [0.05, 0.1) is 41.4 Å². The van der Waals surface area contributed by atoms with Crippen molar-refractivity contribution in [3.63, 3.8) is 0 Å². The van der Waals surface area contributed by atoms with Crippen LogP contribution in [0.1, 0.15) is 33.4 Å². The molecule has 0 aliphatic heterocycles. The van der Waals surface area contributed by atoms with Crippen LogP contribution in [-0.2, 0) is 14.6 Å². The molecule has 0 unspecified atom stereocenters. The lowest BCUT2D eigenvalue weighted by Crippen LogP contribution is -2.34. The Kier molecular flexibility index (Phi) is 8.34. The SMILES string of the molecule is CCS(=O)(=O)c1ccc(-c2c(C)nc3ccc(-c4ccc(OCCNC(=O)OC(C)(C)C)c(OC)c4)nn23)cc1. The predicted molar refractivity (Wildman–Crippen MR) is 153 cm³/mol. The maximum Gasteiger partial charge on any atom is 0.407 e. The van der Waals surface area contributed by atoms with Gasteiger partial charge in [0.1, 0.15) is 12.2 Å². The number of benzene rings is 2. The minimum absolute atomic E-state index is 0.0438. The van der Waals surface area contributed by atoms with Crippen molar-refractivity contribution in [2.45, 2.75) is 45.1 Å². The van der Waals surface area contributed by atoms with Gasteiger partial charge in [-0.1, -0.05) is 19.1 Å². The van der Waals surface area contributed by atoms with Crippen LogP contribution in [0.2, 0.25) is 0 Å². The molecule has 4 aromatic rings. The summed E-state index contributed by atoms with van der Waals surface area (Å²) in [4.78, 5) is 16.7. The second-order valence-corrected chi connectivity index (χ2v) is 12.4. The Morgan fingerprint density at radius 3 is 2.35 bits per heavy atom. The van der Waals surface area contributed by atoms with Crippen molar-refractivity contribution in [1.29, 1.82) is 0 Å². The number of alkyl carbamates (subject to hydrolysis) is 1. The number of amides is 1. The number of nitrogens with one attached hydrogen (secondary N) is 1. The van der Waals surface area contributed by atoms with Gasteiger partial charge in [0.15, 0.2) is 27.0 Å². The molecule has 1 N–H and O–H groups in total. The number of hydrogen-bond donors (Lipinski definition) is 1. The number of aromatic nitrogens is 3. The van der Waals surface area contributed by atoms with Crippen molar-refractivity contribution in [2.75, 3.05) is 26.0 Å². The van der Waals surface area contributed by atoms with E-state index in [9.17, 15) is 13.2 Å². The van der Waals surface area contributed by atoms with E-state index in [1.165, 1.54) is 0 Å². The number of rotatable bonds is 9. The standard InChI is InChI=1S/C29H34N4O6S/c1-7-40(35,36)22-11-8-20(9-12-22)27-19(2)31-26-15-13-23(32-33(26)27)21-10-14-24(25(18-21)37-6)38-17-16-30-28(34)39-29(3,4)5/h8-15,18H,7,16-17H2,1-6H3,(H,30,34). The Morgan fingerprint density at radius 1 is 1.00 bits per heavy atom. The monoisotopic (exact) mass is 566 g/mol. The van der Waals surface area contributed by atoms with Crippen LogP contribution in [0.3, 0.4) is 0 Å². The average Bonchev–Trinajstić information content (AvgIpc) is 3.25. The van der Waals surface area contributed by atoms with E-state index in [1.807, 2.05) is 31.2 Å². The van der Waals surface area contributed by atoms with Crippen molar-refractivity contribution in [3.8, 4) is 34.0 Å². The third kappa shape index (κ3) is 6.53. The molecular formula is C29H34N4O6S. The molecule has 0 aliphatic rings. The van der Waals surface area contributed by atoms with Crippen LogP contribution < -0.4 is 14.8 Å². The molecule has 11 heteroatoms. The second kappa shape index (κ2) is 11.5. The van der Waals surface area contributed by atoms with Crippen LogP contribution in [0.25, 0.3) is 28.2 Å². The topological polar surface area (TPSA) is 121 Å². The first-order chi connectivity index (χ1) is 18.9. The summed E-state index contributed by atoms with van der Waals surface area (Å²) in [5.41, 5.74) is 3.96. The molecule has 4 rings (SSSR count). The number of nitrogens with zero attached hydrogens (tertiary/aromatic N) is 3. The van der Waals surface area contributed by atoms with Crippen LogP contribution in [0.5, 0.6) is 11.5 Å². The van der Waals surface area contributed by atoms with Gasteiger partial charge in [-0.15, -0.1) is 0 Å². The van der Waals surface area contributed by atoms with E-state index in [1.54, 1.807) is 69.7 Å². The first kappa shape index (κ1) is 28.9. The zero-order valence-corrected chi connectivity index (χ0v) is 24.3. The van der Waals surface area contributed by atoms with E-state index < -0.39 is 21.5 Å². The Bertz CT molecular complexity index is 1620. The quantitative estimate of drug-likeness (QED) is 0.279. The summed E-state index contributed by atoms with van der Waals surface area (Å²) < 4.78 is 42.8. The van der Waals surface area contributed by atoms with Gasteiger partial charge in [0.2, 0.25) is 0 Å². The molecule has 0 atom stereocenters. The summed E-state index contributed by atoms with van der Waals surface area (Å²) >= 11 is 0. The van der Waals surface area contributed by atoms with Gasteiger partial charge in [-0.05, 0) is 70.2 Å². The molecule has 0 spiro atoms. The van der Waals surface area contributed by atoms with Crippen molar-refractivity contribution in [2.24, 2.45) is 0 Å². The number of sulfone groups is 1. The fraction of sp³-hybridized carbons (Fsp3) is 0.345. The molecule has 0 saturated carbocycles. The maximum absolute atomic E-state index is 12.2. The fourth-order valence-electron chi connectivity index (χ4n) is 4.09. The Labute approximate surface area is 234 Å². The molecule has 2 aromatic heterocycles. The van der Waals surface area contributed by atoms with E-state index >= 15 is 0 Å². The van der Waals surface area contributed by atoms with Crippen LogP contribution in [0.15, 0.2) is 59.5 Å². The highest BCUT2D eigenvalue weighted by molar-refractivity contribution is 7.91. The number of carbonyl (C=O) groups excluding carboxylic acids is 1. The smallest absolute Gasteiger partial charge is 0.407 e. The van der Waals surface area contributed by atoms with Gasteiger partial charge >= 0.3 is 6.09 Å². The molecule has 0 fully saturated rings. The lowest BCUT2D eigenvalue weighted by molar-refractivity contribution is 0.0520. The summed E-state index contributed by atoms with van der Waals surface area (Å²) in [6.07, 6.45) is -0.504.